The Balaban J connectivity index is 1.58. The van der Waals surface area contributed by atoms with E-state index in [0.29, 0.717) is 10.9 Å². The first-order chi connectivity index (χ1) is 9.63. The van der Waals surface area contributed by atoms with Crippen LogP contribution in [0.3, 0.4) is 0 Å². The lowest BCUT2D eigenvalue weighted by atomic mass is 10.4. The van der Waals surface area contributed by atoms with Gasteiger partial charge in [0.25, 0.3) is 5.91 Å². The quantitative estimate of drug-likeness (QED) is 0.748. The topological polar surface area (TPSA) is 121 Å². The molecular weight excluding hydrogens is 282 g/mol. The number of carboxylic acids is 1. The van der Waals surface area contributed by atoms with Crippen LogP contribution in [-0.4, -0.2) is 37.1 Å². The van der Waals surface area contributed by atoms with Crippen molar-refractivity contribution in [2.24, 2.45) is 0 Å². The van der Waals surface area contributed by atoms with Gasteiger partial charge in [-0.3, -0.25) is 9.89 Å². The summed E-state index contributed by atoms with van der Waals surface area (Å²) >= 11 is 1.18. The van der Waals surface area contributed by atoms with Crippen molar-refractivity contribution in [2.45, 2.75) is 25.3 Å². The minimum atomic E-state index is -1.08. The molecule has 0 unspecified atom stereocenters. The molecule has 20 heavy (non-hydrogen) atoms. The molecule has 2 aromatic rings. The number of aromatic carboxylic acids is 1. The number of nitrogens with one attached hydrogen (secondary N) is 2. The van der Waals surface area contributed by atoms with E-state index in [0.717, 1.165) is 18.7 Å². The highest BCUT2D eigenvalue weighted by atomic mass is 32.1. The van der Waals surface area contributed by atoms with Crippen LogP contribution in [0.25, 0.3) is 0 Å². The number of nitrogens with zero attached hydrogens (tertiary/aromatic N) is 3. The molecule has 0 atom stereocenters. The number of aromatic amines is 1. The van der Waals surface area contributed by atoms with Gasteiger partial charge >= 0.3 is 5.97 Å². The number of rotatable bonds is 5. The van der Waals surface area contributed by atoms with Gasteiger partial charge in [0.2, 0.25) is 5.82 Å². The number of thiazole rings is 1. The number of carbonyl (C=O) groups excluding carboxylic acids is 1. The van der Waals surface area contributed by atoms with E-state index in [9.17, 15) is 9.59 Å². The van der Waals surface area contributed by atoms with Gasteiger partial charge in [-0.2, -0.15) is 0 Å². The largest absolute Gasteiger partial charge is 0.476 e. The van der Waals surface area contributed by atoms with Crippen LogP contribution >= 0.6 is 11.3 Å². The van der Waals surface area contributed by atoms with E-state index in [1.54, 1.807) is 0 Å². The Hall–Kier alpha value is -2.29. The van der Waals surface area contributed by atoms with Gasteiger partial charge in [-0.05, 0) is 12.8 Å². The van der Waals surface area contributed by atoms with Gasteiger partial charge in [-0.1, -0.05) is 0 Å². The Bertz CT molecular complexity index is 661. The van der Waals surface area contributed by atoms with Crippen LogP contribution < -0.4 is 5.32 Å². The molecule has 0 aromatic carbocycles. The standard InChI is InChI=1S/C11H11N5O3S/c17-10(9-14-8(15-16-9)5-1-2-5)12-3-7-13-6(4-20-7)11(18)19/h4-5H,1-3H2,(H,12,17)(H,18,19)(H,14,15,16). The summed E-state index contributed by atoms with van der Waals surface area (Å²) in [5.41, 5.74) is -0.0202. The fraction of sp³-hybridized carbons (Fsp3) is 0.364. The summed E-state index contributed by atoms with van der Waals surface area (Å²) in [6.45, 7) is 0.157. The second-order valence-corrected chi connectivity index (χ2v) is 5.38. The van der Waals surface area contributed by atoms with Crippen LogP contribution in [0, 0.1) is 0 Å². The predicted octanol–water partition coefficient (Wildman–Crippen LogP) is 0.767. The van der Waals surface area contributed by atoms with Crippen LogP contribution in [-0.2, 0) is 6.54 Å². The molecule has 0 saturated heterocycles. The molecule has 8 nitrogen and oxygen atoms in total. The molecular formula is C11H11N5O3S. The highest BCUT2D eigenvalue weighted by Gasteiger charge is 2.28. The Labute approximate surface area is 117 Å². The first-order valence-corrected chi connectivity index (χ1v) is 6.89. The number of hydrogen-bond acceptors (Lipinski definition) is 6. The second kappa shape index (κ2) is 5.00. The molecule has 104 valence electrons. The highest BCUT2D eigenvalue weighted by Crippen LogP contribution is 2.37. The zero-order valence-electron chi connectivity index (χ0n) is 10.3. The van der Waals surface area contributed by atoms with E-state index < -0.39 is 11.9 Å². The van der Waals surface area contributed by atoms with Crippen molar-refractivity contribution in [3.8, 4) is 0 Å². The lowest BCUT2D eigenvalue weighted by Crippen LogP contribution is -2.24. The minimum Gasteiger partial charge on any atom is -0.476 e. The van der Waals surface area contributed by atoms with Crippen molar-refractivity contribution in [1.29, 1.82) is 0 Å². The summed E-state index contributed by atoms with van der Waals surface area (Å²) in [7, 11) is 0. The first kappa shape index (κ1) is 12.7. The lowest BCUT2D eigenvalue weighted by Gasteiger charge is -1.98. The molecule has 9 heteroatoms. The highest BCUT2D eigenvalue weighted by molar-refractivity contribution is 7.09. The zero-order chi connectivity index (χ0) is 14.1. The summed E-state index contributed by atoms with van der Waals surface area (Å²) in [5, 5.41) is 19.9. The van der Waals surface area contributed by atoms with Crippen molar-refractivity contribution in [2.75, 3.05) is 0 Å². The summed E-state index contributed by atoms with van der Waals surface area (Å²) in [5.74, 6) is -0.234. The van der Waals surface area contributed by atoms with E-state index in [-0.39, 0.29) is 18.1 Å². The van der Waals surface area contributed by atoms with Crippen molar-refractivity contribution in [1.82, 2.24) is 25.5 Å². The van der Waals surface area contributed by atoms with Crippen LogP contribution in [0.2, 0.25) is 0 Å². The summed E-state index contributed by atoms with van der Waals surface area (Å²) in [4.78, 5) is 30.5. The Kier molecular flexibility index (Phi) is 3.18. The molecule has 1 saturated carbocycles. The molecule has 0 bridgehead atoms. The Morgan fingerprint density at radius 2 is 2.25 bits per heavy atom. The second-order valence-electron chi connectivity index (χ2n) is 4.43. The molecule has 3 rings (SSSR count). The number of amides is 1. The van der Waals surface area contributed by atoms with Gasteiger partial charge in [0, 0.05) is 11.3 Å². The summed E-state index contributed by atoms with van der Waals surface area (Å²) in [6.07, 6.45) is 2.15. The number of aromatic nitrogens is 4. The molecule has 1 aliphatic carbocycles. The third-order valence-corrected chi connectivity index (χ3v) is 3.69. The third-order valence-electron chi connectivity index (χ3n) is 2.84. The van der Waals surface area contributed by atoms with Crippen molar-refractivity contribution >= 4 is 23.2 Å². The van der Waals surface area contributed by atoms with Crippen molar-refractivity contribution < 1.29 is 14.7 Å². The van der Waals surface area contributed by atoms with Crippen LogP contribution in [0.15, 0.2) is 5.38 Å². The van der Waals surface area contributed by atoms with E-state index in [4.69, 9.17) is 5.11 Å². The molecule has 0 aliphatic heterocycles. The van der Waals surface area contributed by atoms with E-state index in [1.807, 2.05) is 0 Å². The maximum Gasteiger partial charge on any atom is 0.355 e. The number of carboxylic acid groups (broad SMARTS) is 1. The van der Waals surface area contributed by atoms with Gasteiger partial charge in [0.05, 0.1) is 6.54 Å². The molecule has 1 amide bonds. The lowest BCUT2D eigenvalue weighted by molar-refractivity contribution is 0.0691. The molecule has 1 fully saturated rings. The fourth-order valence-electron chi connectivity index (χ4n) is 1.64. The SMILES string of the molecule is O=C(O)c1csc(CNC(=O)c2n[nH]c(C3CC3)n2)n1. The smallest absolute Gasteiger partial charge is 0.355 e. The maximum absolute atomic E-state index is 11.8. The van der Waals surface area contributed by atoms with Crippen LogP contribution in [0.4, 0.5) is 0 Å². The Morgan fingerprint density at radius 1 is 1.45 bits per heavy atom. The van der Waals surface area contributed by atoms with Gasteiger partial charge < -0.3 is 10.4 Å². The molecule has 2 heterocycles. The number of carbonyl (C=O) groups is 2. The Morgan fingerprint density at radius 3 is 2.90 bits per heavy atom. The van der Waals surface area contributed by atoms with Gasteiger partial charge in [0.15, 0.2) is 5.69 Å². The van der Waals surface area contributed by atoms with Gasteiger partial charge in [-0.15, -0.1) is 16.4 Å². The zero-order valence-corrected chi connectivity index (χ0v) is 11.1. The average molecular weight is 293 g/mol. The fourth-order valence-corrected chi connectivity index (χ4v) is 2.35. The summed E-state index contributed by atoms with van der Waals surface area (Å²) < 4.78 is 0. The van der Waals surface area contributed by atoms with E-state index in [2.05, 4.69) is 25.5 Å². The maximum atomic E-state index is 11.8. The van der Waals surface area contributed by atoms with Crippen molar-refractivity contribution in [3.63, 3.8) is 0 Å². The van der Waals surface area contributed by atoms with E-state index in [1.165, 1.54) is 16.7 Å². The molecule has 3 N–H and O–H groups in total. The summed E-state index contributed by atoms with van der Waals surface area (Å²) in [6, 6.07) is 0. The van der Waals surface area contributed by atoms with Crippen LogP contribution in [0.5, 0.6) is 0 Å². The van der Waals surface area contributed by atoms with E-state index >= 15 is 0 Å². The number of hydrogen-bond donors (Lipinski definition) is 3. The first-order valence-electron chi connectivity index (χ1n) is 6.01. The molecule has 2 aromatic heterocycles. The molecule has 0 radical (unpaired) electrons. The third kappa shape index (κ3) is 2.67. The monoisotopic (exact) mass is 293 g/mol. The van der Waals surface area contributed by atoms with Crippen molar-refractivity contribution in [3.05, 3.63) is 27.7 Å². The van der Waals surface area contributed by atoms with Gasteiger partial charge in [0.1, 0.15) is 10.8 Å². The van der Waals surface area contributed by atoms with Crippen LogP contribution in [0.1, 0.15) is 50.7 Å². The molecule has 1 aliphatic rings. The number of H-pyrrole nitrogens is 1. The van der Waals surface area contributed by atoms with Gasteiger partial charge in [-0.25, -0.2) is 14.8 Å². The molecule has 0 spiro atoms. The minimum absolute atomic E-state index is 0.0202. The predicted molar refractivity (Wildman–Crippen MR) is 68.6 cm³/mol. The average Bonchev–Trinajstić information content (AvgIpc) is 2.98. The normalized spacial score (nSPS) is 14.2.